The van der Waals surface area contributed by atoms with Crippen molar-refractivity contribution >= 4 is 33.3 Å². The maximum absolute atomic E-state index is 12.9. The fourth-order valence-corrected chi connectivity index (χ4v) is 3.90. The van der Waals surface area contributed by atoms with Crippen molar-refractivity contribution in [1.82, 2.24) is 5.32 Å². The molecular formula is C22H20F3NO4S. The molecule has 1 amide bonds. The number of benzene rings is 2. The summed E-state index contributed by atoms with van der Waals surface area (Å²) in [6.45, 7) is 4.40. The van der Waals surface area contributed by atoms with Gasteiger partial charge in [0.2, 0.25) is 0 Å². The van der Waals surface area contributed by atoms with Crippen LogP contribution in [0.5, 0.6) is 5.75 Å². The molecule has 2 N–H and O–H groups in total. The number of rotatable bonds is 6. The van der Waals surface area contributed by atoms with Crippen LogP contribution in [0.1, 0.15) is 47.7 Å². The second-order valence-corrected chi connectivity index (χ2v) is 8.57. The molecule has 1 atom stereocenters. The quantitative estimate of drug-likeness (QED) is 0.508. The Morgan fingerprint density at radius 1 is 1.06 bits per heavy atom. The number of ether oxygens (including phenoxy) is 1. The zero-order valence-corrected chi connectivity index (χ0v) is 17.7. The lowest BCUT2D eigenvalue weighted by Gasteiger charge is -2.21. The molecular weight excluding hydrogens is 431 g/mol. The number of hydrogen-bond acceptors (Lipinski definition) is 4. The highest BCUT2D eigenvalue weighted by molar-refractivity contribution is 7.21. The van der Waals surface area contributed by atoms with E-state index in [1.165, 1.54) is 26.0 Å². The van der Waals surface area contributed by atoms with E-state index in [0.717, 1.165) is 28.2 Å². The van der Waals surface area contributed by atoms with Crippen LogP contribution in [0.25, 0.3) is 10.1 Å². The summed E-state index contributed by atoms with van der Waals surface area (Å²) in [4.78, 5) is 24.4. The molecule has 0 aliphatic carbocycles. The number of carboxylic acid groups (broad SMARTS) is 1. The number of alkyl halides is 3. The van der Waals surface area contributed by atoms with Crippen LogP contribution in [-0.2, 0) is 11.0 Å². The summed E-state index contributed by atoms with van der Waals surface area (Å²) < 4.78 is 45.2. The van der Waals surface area contributed by atoms with Gasteiger partial charge in [0.05, 0.1) is 5.56 Å². The Kier molecular flexibility index (Phi) is 6.00. The third-order valence-electron chi connectivity index (χ3n) is 4.72. The summed E-state index contributed by atoms with van der Waals surface area (Å²) in [5.41, 5.74) is -1.76. The van der Waals surface area contributed by atoms with Gasteiger partial charge in [-0.3, -0.25) is 4.79 Å². The second-order valence-electron chi connectivity index (χ2n) is 7.52. The second kappa shape index (κ2) is 8.22. The lowest BCUT2D eigenvalue weighted by Crippen LogP contribution is -2.49. The van der Waals surface area contributed by atoms with E-state index >= 15 is 0 Å². The third kappa shape index (κ3) is 4.82. The number of carbonyl (C=O) groups is 2. The third-order valence-corrected chi connectivity index (χ3v) is 5.87. The average molecular weight is 451 g/mol. The number of thiophene rings is 1. The molecule has 3 rings (SSSR count). The zero-order chi connectivity index (χ0) is 23.0. The molecule has 0 fully saturated rings. The first-order valence-corrected chi connectivity index (χ1v) is 10.1. The van der Waals surface area contributed by atoms with Gasteiger partial charge in [-0.25, -0.2) is 4.79 Å². The van der Waals surface area contributed by atoms with E-state index in [0.29, 0.717) is 10.9 Å². The maximum Gasteiger partial charge on any atom is 0.416 e. The van der Waals surface area contributed by atoms with Crippen molar-refractivity contribution < 1.29 is 32.6 Å². The predicted octanol–water partition coefficient (Wildman–Crippen LogP) is 5.65. The summed E-state index contributed by atoms with van der Waals surface area (Å²) in [6.07, 6.45) is -5.09. The number of halogens is 3. The lowest BCUT2D eigenvalue weighted by molar-refractivity contribution is -0.143. The molecule has 0 aliphatic rings. The number of carboxylic acids is 1. The van der Waals surface area contributed by atoms with E-state index in [4.69, 9.17) is 4.74 Å². The van der Waals surface area contributed by atoms with Gasteiger partial charge in [-0.15, -0.1) is 11.3 Å². The highest BCUT2D eigenvalue weighted by Crippen LogP contribution is 2.40. The van der Waals surface area contributed by atoms with Crippen molar-refractivity contribution in [3.05, 3.63) is 64.5 Å². The largest absolute Gasteiger partial charge is 0.484 e. The Bertz CT molecular complexity index is 1120. The van der Waals surface area contributed by atoms with Gasteiger partial charge in [-0.2, -0.15) is 13.2 Å². The SMILES string of the molecule is CC(Oc1c(C(=O)NC(C)(C)C(=O)O)sc2ccccc12)c1ccc(C(F)(F)F)cc1. The van der Waals surface area contributed by atoms with Crippen LogP contribution in [0, 0.1) is 0 Å². The Hall–Kier alpha value is -3.07. The molecule has 0 saturated heterocycles. The van der Waals surface area contributed by atoms with Gasteiger partial charge in [0.1, 0.15) is 16.5 Å². The van der Waals surface area contributed by atoms with Gasteiger partial charge in [0, 0.05) is 10.1 Å². The van der Waals surface area contributed by atoms with Crippen molar-refractivity contribution in [1.29, 1.82) is 0 Å². The predicted molar refractivity (Wildman–Crippen MR) is 111 cm³/mol. The molecule has 1 aromatic heterocycles. The average Bonchev–Trinajstić information content (AvgIpc) is 3.05. The van der Waals surface area contributed by atoms with Crippen LogP contribution in [-0.4, -0.2) is 22.5 Å². The molecule has 5 nitrogen and oxygen atoms in total. The van der Waals surface area contributed by atoms with Crippen LogP contribution < -0.4 is 10.1 Å². The normalized spacial score (nSPS) is 13.1. The van der Waals surface area contributed by atoms with Gasteiger partial charge < -0.3 is 15.2 Å². The number of fused-ring (bicyclic) bond motifs is 1. The summed E-state index contributed by atoms with van der Waals surface area (Å²) in [7, 11) is 0. The fraction of sp³-hybridized carbons (Fsp3) is 0.273. The van der Waals surface area contributed by atoms with Gasteiger partial charge in [0.15, 0.2) is 5.75 Å². The Morgan fingerprint density at radius 3 is 2.26 bits per heavy atom. The van der Waals surface area contributed by atoms with Crippen molar-refractivity contribution in [2.75, 3.05) is 0 Å². The smallest absolute Gasteiger partial charge is 0.416 e. The van der Waals surface area contributed by atoms with Crippen LogP contribution in [0.4, 0.5) is 13.2 Å². The van der Waals surface area contributed by atoms with Crippen molar-refractivity contribution in [3.8, 4) is 5.75 Å². The van der Waals surface area contributed by atoms with Crippen LogP contribution in [0.3, 0.4) is 0 Å². The van der Waals surface area contributed by atoms with E-state index in [2.05, 4.69) is 5.32 Å². The number of amides is 1. The van der Waals surface area contributed by atoms with Crippen LogP contribution in [0.15, 0.2) is 48.5 Å². The number of carbonyl (C=O) groups excluding carboxylic acids is 1. The van der Waals surface area contributed by atoms with Crippen molar-refractivity contribution in [2.45, 2.75) is 38.6 Å². The molecule has 31 heavy (non-hydrogen) atoms. The summed E-state index contributed by atoms with van der Waals surface area (Å²) in [5, 5.41) is 12.4. The first-order chi connectivity index (χ1) is 14.4. The summed E-state index contributed by atoms with van der Waals surface area (Å²) in [5.74, 6) is -1.54. The minimum Gasteiger partial charge on any atom is -0.484 e. The van der Waals surface area contributed by atoms with Gasteiger partial charge in [0.25, 0.3) is 5.91 Å². The minimum atomic E-state index is -4.44. The molecule has 164 valence electrons. The highest BCUT2D eigenvalue weighted by atomic mass is 32.1. The monoisotopic (exact) mass is 451 g/mol. The molecule has 0 saturated carbocycles. The van der Waals surface area contributed by atoms with Gasteiger partial charge >= 0.3 is 12.1 Å². The van der Waals surface area contributed by atoms with Crippen LogP contribution >= 0.6 is 11.3 Å². The van der Waals surface area contributed by atoms with Gasteiger partial charge in [-0.05, 0) is 50.6 Å². The zero-order valence-electron chi connectivity index (χ0n) is 16.9. The topological polar surface area (TPSA) is 75.6 Å². The molecule has 0 bridgehead atoms. The Balaban J connectivity index is 1.95. The molecule has 3 aromatic rings. The van der Waals surface area contributed by atoms with E-state index < -0.39 is 35.3 Å². The summed E-state index contributed by atoms with van der Waals surface area (Å²) in [6, 6.07) is 11.7. The molecule has 0 aliphatic heterocycles. The highest BCUT2D eigenvalue weighted by Gasteiger charge is 2.32. The van der Waals surface area contributed by atoms with E-state index in [-0.39, 0.29) is 10.6 Å². The molecule has 0 spiro atoms. The maximum atomic E-state index is 12.9. The fourth-order valence-electron chi connectivity index (χ4n) is 2.87. The Labute approximate surface area is 180 Å². The first-order valence-electron chi connectivity index (χ1n) is 9.31. The van der Waals surface area contributed by atoms with Crippen molar-refractivity contribution in [2.24, 2.45) is 0 Å². The molecule has 1 heterocycles. The lowest BCUT2D eigenvalue weighted by atomic mass is 10.1. The van der Waals surface area contributed by atoms with Gasteiger partial charge in [-0.1, -0.05) is 24.3 Å². The van der Waals surface area contributed by atoms with E-state index in [1.807, 2.05) is 0 Å². The molecule has 2 aromatic carbocycles. The number of hydrogen-bond donors (Lipinski definition) is 2. The summed E-state index contributed by atoms with van der Waals surface area (Å²) >= 11 is 1.15. The first kappa shape index (κ1) is 22.6. The van der Waals surface area contributed by atoms with E-state index in [1.54, 1.807) is 31.2 Å². The molecule has 9 heteroatoms. The van der Waals surface area contributed by atoms with Crippen molar-refractivity contribution in [3.63, 3.8) is 0 Å². The number of aliphatic carboxylic acids is 1. The molecule has 1 unspecified atom stereocenters. The van der Waals surface area contributed by atoms with E-state index in [9.17, 15) is 27.9 Å². The standard InChI is InChI=1S/C22H20F3NO4S/c1-12(13-8-10-14(11-9-13)22(23,24)25)30-17-15-6-4-5-7-16(15)31-18(17)19(27)26-21(2,3)20(28)29/h4-12H,1-3H3,(H,26,27)(H,28,29). The minimum absolute atomic E-state index is 0.189. The molecule has 0 radical (unpaired) electrons. The Morgan fingerprint density at radius 2 is 1.68 bits per heavy atom. The van der Waals surface area contributed by atoms with Crippen LogP contribution in [0.2, 0.25) is 0 Å². The number of nitrogens with one attached hydrogen (secondary N) is 1.